The Bertz CT molecular complexity index is 338. The van der Waals surface area contributed by atoms with E-state index in [-0.39, 0.29) is 26.1 Å². The van der Waals surface area contributed by atoms with E-state index in [1.807, 2.05) is 0 Å². The number of ether oxygens (including phenoxy) is 1. The van der Waals surface area contributed by atoms with Crippen LogP contribution in [0.25, 0.3) is 0 Å². The summed E-state index contributed by atoms with van der Waals surface area (Å²) >= 11 is 4.72. The minimum atomic E-state index is -1.20. The number of amides is 1. The first-order valence-electron chi connectivity index (χ1n) is 5.54. The molecule has 9 heteroatoms. The second-order valence-corrected chi connectivity index (χ2v) is 4.17. The molecule has 0 rings (SSSR count). The highest BCUT2D eigenvalue weighted by Crippen LogP contribution is 2.06. The van der Waals surface area contributed by atoms with Crippen molar-refractivity contribution in [2.24, 2.45) is 5.73 Å². The van der Waals surface area contributed by atoms with Crippen molar-refractivity contribution >= 4 is 30.7 Å². The van der Waals surface area contributed by atoms with Crippen LogP contribution in [0.15, 0.2) is 0 Å². The summed E-state index contributed by atoms with van der Waals surface area (Å²) in [5.74, 6) is -2.51. The van der Waals surface area contributed by atoms with E-state index in [0.29, 0.717) is 0 Å². The van der Waals surface area contributed by atoms with Gasteiger partial charge in [0.25, 0.3) is 0 Å². The number of nitrogens with two attached hydrogens (primary N) is 1. The number of aliphatic hydroxyl groups excluding tert-OH is 1. The third-order valence-corrected chi connectivity index (χ3v) is 2.77. The molecule has 2 atom stereocenters. The van der Waals surface area contributed by atoms with Crippen molar-refractivity contribution in [1.29, 1.82) is 0 Å². The molecule has 0 radical (unpaired) electrons. The Morgan fingerprint density at radius 1 is 1.37 bits per heavy atom. The monoisotopic (exact) mass is 293 g/mol. The zero-order valence-corrected chi connectivity index (χ0v) is 11.3. The topological polar surface area (TPSA) is 130 Å². The molecule has 0 saturated heterocycles. The summed E-state index contributed by atoms with van der Waals surface area (Å²) < 4.78 is 5.54. The van der Waals surface area contributed by atoms with Gasteiger partial charge >= 0.3 is 11.9 Å². The fourth-order valence-electron chi connectivity index (χ4n) is 1.18. The fourth-order valence-corrected chi connectivity index (χ4v) is 1.37. The van der Waals surface area contributed by atoms with E-state index in [1.54, 1.807) is 0 Å². The predicted molar refractivity (Wildman–Crippen MR) is 66.6 cm³/mol. The Morgan fingerprint density at radius 2 is 1.95 bits per heavy atom. The number of carbonyl (C=O) groups excluding carboxylic acids is 2. The quantitative estimate of drug-likeness (QED) is 0.360. The van der Waals surface area contributed by atoms with Gasteiger partial charge in [0.2, 0.25) is 0 Å². The summed E-state index contributed by atoms with van der Waals surface area (Å²) in [5, 5.41) is 17.3. The van der Waals surface area contributed by atoms with Crippen LogP contribution in [0.5, 0.6) is 0 Å². The number of hydrogen-bond acceptors (Lipinski definition) is 7. The van der Waals surface area contributed by atoms with Crippen molar-refractivity contribution in [3.8, 4) is 0 Å². The minimum Gasteiger partial charge on any atom is -0.663 e. The molecule has 8 nitrogen and oxygen atoms in total. The van der Waals surface area contributed by atoms with Crippen molar-refractivity contribution in [3.63, 3.8) is 0 Å². The van der Waals surface area contributed by atoms with Crippen LogP contribution in [0.2, 0.25) is 0 Å². The molecule has 0 aromatic rings. The standard InChI is InChI=1S/C10H17N2O6S/c1-6(14)12(19)8(2-4-13)10(17)18-5-3-7(11)9(15)16/h7-8,13H,2-5,11H2,1H3,(H,15,16)/q-1/t7-,8-/m0/s1. The Hall–Kier alpha value is -1.32. The predicted octanol–water partition coefficient (Wildman–Crippen LogP) is -1.61. The molecule has 0 bridgehead atoms. The van der Waals surface area contributed by atoms with Crippen LogP contribution in [-0.4, -0.2) is 57.7 Å². The van der Waals surface area contributed by atoms with Crippen LogP contribution in [0.1, 0.15) is 19.8 Å². The fraction of sp³-hybridized carbons (Fsp3) is 0.700. The Balaban J connectivity index is 4.34. The lowest BCUT2D eigenvalue weighted by Crippen LogP contribution is -2.42. The highest BCUT2D eigenvalue weighted by Gasteiger charge is 2.22. The van der Waals surface area contributed by atoms with Crippen LogP contribution < -0.4 is 5.73 Å². The van der Waals surface area contributed by atoms with Gasteiger partial charge in [-0.2, -0.15) is 0 Å². The Labute approximate surface area is 116 Å². The van der Waals surface area contributed by atoms with E-state index in [9.17, 15) is 14.4 Å². The summed E-state index contributed by atoms with van der Waals surface area (Å²) in [5.41, 5.74) is 5.23. The van der Waals surface area contributed by atoms with Crippen molar-refractivity contribution < 1.29 is 29.3 Å². The lowest BCUT2D eigenvalue weighted by molar-refractivity contribution is -0.152. The molecule has 0 unspecified atom stereocenters. The maximum Gasteiger partial charge on any atom is 0.327 e. The summed E-state index contributed by atoms with van der Waals surface area (Å²) in [4.78, 5) is 33.2. The molecular formula is C10H17N2O6S-. The number of carbonyl (C=O) groups is 3. The van der Waals surface area contributed by atoms with Gasteiger partial charge in [-0.05, 0) is 6.42 Å². The van der Waals surface area contributed by atoms with Crippen LogP contribution in [0.4, 0.5) is 0 Å². The lowest BCUT2D eigenvalue weighted by Gasteiger charge is -2.35. The van der Waals surface area contributed by atoms with E-state index in [2.05, 4.69) is 0 Å². The number of aliphatic carboxylic acids is 1. The summed E-state index contributed by atoms with van der Waals surface area (Å²) in [6, 6.07) is -2.20. The molecule has 0 aliphatic heterocycles. The van der Waals surface area contributed by atoms with Crippen LogP contribution in [-0.2, 0) is 31.9 Å². The average molecular weight is 293 g/mol. The second-order valence-electron chi connectivity index (χ2n) is 3.77. The molecule has 0 spiro atoms. The van der Waals surface area contributed by atoms with Gasteiger partial charge in [0.05, 0.1) is 6.61 Å². The third-order valence-electron chi connectivity index (χ3n) is 2.26. The highest BCUT2D eigenvalue weighted by atomic mass is 32.1. The first-order chi connectivity index (χ1) is 8.81. The molecule has 4 N–H and O–H groups in total. The number of carboxylic acids is 1. The third kappa shape index (κ3) is 6.41. The summed E-state index contributed by atoms with van der Waals surface area (Å²) in [6.45, 7) is 0.648. The second kappa shape index (κ2) is 8.73. The average Bonchev–Trinajstić information content (AvgIpc) is 2.34. The smallest absolute Gasteiger partial charge is 0.327 e. The summed E-state index contributed by atoms with van der Waals surface area (Å²) in [6.07, 6.45) is -0.0999. The van der Waals surface area contributed by atoms with E-state index in [4.69, 9.17) is 33.5 Å². The van der Waals surface area contributed by atoms with E-state index in [0.717, 1.165) is 4.31 Å². The maximum absolute atomic E-state index is 11.6. The highest BCUT2D eigenvalue weighted by molar-refractivity contribution is 7.56. The summed E-state index contributed by atoms with van der Waals surface area (Å²) in [7, 11) is 0. The zero-order chi connectivity index (χ0) is 15.0. The first-order valence-corrected chi connectivity index (χ1v) is 5.90. The zero-order valence-electron chi connectivity index (χ0n) is 10.4. The molecule has 0 aliphatic carbocycles. The van der Waals surface area contributed by atoms with Crippen LogP contribution in [0, 0.1) is 0 Å². The SMILES string of the molecule is CC(=O)N([S-])[C@@H](CCO)C(=O)OCC[C@H](N)C(=O)O. The van der Waals surface area contributed by atoms with Gasteiger partial charge in [-0.1, -0.05) is 0 Å². The van der Waals surface area contributed by atoms with Crippen molar-refractivity contribution in [2.75, 3.05) is 13.2 Å². The van der Waals surface area contributed by atoms with E-state index >= 15 is 0 Å². The number of esters is 1. The molecule has 0 saturated carbocycles. The van der Waals surface area contributed by atoms with Gasteiger partial charge in [0.1, 0.15) is 12.1 Å². The number of hydrogen-bond donors (Lipinski definition) is 3. The molecular weight excluding hydrogens is 276 g/mol. The van der Waals surface area contributed by atoms with E-state index < -0.39 is 29.9 Å². The number of carboxylic acid groups (broad SMARTS) is 1. The number of aliphatic hydroxyl groups is 1. The molecule has 1 amide bonds. The normalized spacial score (nSPS) is 13.5. The van der Waals surface area contributed by atoms with Crippen molar-refractivity contribution in [3.05, 3.63) is 0 Å². The van der Waals surface area contributed by atoms with Crippen molar-refractivity contribution in [1.82, 2.24) is 4.31 Å². The van der Waals surface area contributed by atoms with Gasteiger partial charge < -0.3 is 37.8 Å². The molecule has 110 valence electrons. The molecule has 0 heterocycles. The maximum atomic E-state index is 11.6. The lowest BCUT2D eigenvalue weighted by atomic mass is 10.2. The molecule has 0 aromatic heterocycles. The number of nitrogens with zero attached hydrogens (tertiary/aromatic N) is 1. The molecule has 0 aliphatic rings. The largest absolute Gasteiger partial charge is 0.663 e. The van der Waals surface area contributed by atoms with Gasteiger partial charge in [-0.25, -0.2) is 4.79 Å². The van der Waals surface area contributed by atoms with Gasteiger partial charge in [-0.3, -0.25) is 9.59 Å². The first kappa shape index (κ1) is 17.7. The number of rotatable bonds is 8. The van der Waals surface area contributed by atoms with Crippen molar-refractivity contribution in [2.45, 2.75) is 31.8 Å². The van der Waals surface area contributed by atoms with Crippen LogP contribution in [0.3, 0.4) is 0 Å². The molecule has 0 fully saturated rings. The van der Waals surface area contributed by atoms with Crippen LogP contribution >= 0.6 is 0 Å². The van der Waals surface area contributed by atoms with Gasteiger partial charge in [0, 0.05) is 20.0 Å². The molecule has 19 heavy (non-hydrogen) atoms. The Kier molecular flexibility index (Phi) is 8.12. The molecule has 0 aromatic carbocycles. The van der Waals surface area contributed by atoms with E-state index in [1.165, 1.54) is 6.92 Å². The van der Waals surface area contributed by atoms with Gasteiger partial charge in [0.15, 0.2) is 5.91 Å². The van der Waals surface area contributed by atoms with Gasteiger partial charge in [-0.15, -0.1) is 0 Å². The Morgan fingerprint density at radius 3 is 2.37 bits per heavy atom. The minimum absolute atomic E-state index is 0.0487.